The molecule has 0 aliphatic rings. The molecule has 0 aromatic carbocycles. The highest BCUT2D eigenvalue weighted by atomic mass is 79.9. The van der Waals surface area contributed by atoms with E-state index in [1.54, 1.807) is 0 Å². The normalized spacial score (nSPS) is 12.1. The molecule has 1 aromatic rings. The molecule has 0 saturated heterocycles. The molecule has 0 fully saturated rings. The first-order chi connectivity index (χ1) is 4.91. The second kappa shape index (κ2) is 2.71. The Hall–Kier alpha value is -0.170. The van der Waals surface area contributed by atoms with Crippen LogP contribution in [0.25, 0.3) is 0 Å². The number of hydrogen-bond donors (Lipinski definition) is 0. The van der Waals surface area contributed by atoms with Crippen molar-refractivity contribution in [2.45, 2.75) is 6.18 Å². The second-order valence-corrected chi connectivity index (χ2v) is 3.85. The minimum atomic E-state index is -4.58. The van der Waals surface area contributed by atoms with Gasteiger partial charge in [0.15, 0.2) is 5.69 Å². The monoisotopic (exact) mass is 249 g/mol. The Morgan fingerprint density at radius 3 is 2.09 bits per heavy atom. The van der Waals surface area contributed by atoms with Crippen molar-refractivity contribution in [2.75, 3.05) is 0 Å². The molecule has 0 bridgehead atoms. The van der Waals surface area contributed by atoms with Crippen LogP contribution in [0.5, 0.6) is 0 Å². The molecule has 0 amide bonds. The van der Waals surface area contributed by atoms with Crippen molar-refractivity contribution in [3.05, 3.63) is 14.7 Å². The lowest BCUT2D eigenvalue weighted by Gasteiger charge is -2.00. The van der Waals surface area contributed by atoms with Gasteiger partial charge >= 0.3 is 6.18 Å². The van der Waals surface area contributed by atoms with E-state index in [-0.39, 0.29) is 3.79 Å². The Morgan fingerprint density at radius 1 is 1.36 bits per heavy atom. The molecule has 62 valence electrons. The van der Waals surface area contributed by atoms with Crippen molar-refractivity contribution in [3.8, 4) is 0 Å². The SMILES string of the molecule is Fc1nc(C(F)(F)F)c(Br)s1. The standard InChI is InChI=1S/C4BrF4NS/c5-2-1(4(7,8)9)10-3(6)11-2. The van der Waals surface area contributed by atoms with Crippen LogP contribution in [0.1, 0.15) is 5.69 Å². The fraction of sp³-hybridized carbons (Fsp3) is 0.250. The summed E-state index contributed by atoms with van der Waals surface area (Å²) in [5.74, 6) is 0. The molecule has 7 heteroatoms. The molecule has 1 nitrogen and oxygen atoms in total. The van der Waals surface area contributed by atoms with Crippen LogP contribution >= 0.6 is 27.3 Å². The van der Waals surface area contributed by atoms with E-state index in [2.05, 4.69) is 20.9 Å². The minimum Gasteiger partial charge on any atom is -0.204 e. The highest BCUT2D eigenvalue weighted by Crippen LogP contribution is 2.36. The van der Waals surface area contributed by atoms with Gasteiger partial charge in [-0.1, -0.05) is 11.3 Å². The first-order valence-corrected chi connectivity index (χ1v) is 3.91. The van der Waals surface area contributed by atoms with E-state index >= 15 is 0 Å². The zero-order valence-corrected chi connectivity index (χ0v) is 7.15. The van der Waals surface area contributed by atoms with Crippen LogP contribution in [0.15, 0.2) is 3.79 Å². The summed E-state index contributed by atoms with van der Waals surface area (Å²) in [5, 5.41) is -1.09. The van der Waals surface area contributed by atoms with Gasteiger partial charge in [-0.05, 0) is 15.9 Å². The first-order valence-electron chi connectivity index (χ1n) is 2.30. The van der Waals surface area contributed by atoms with Crippen molar-refractivity contribution >= 4 is 27.3 Å². The fourth-order valence-electron chi connectivity index (χ4n) is 0.452. The van der Waals surface area contributed by atoms with Gasteiger partial charge in [-0.25, -0.2) is 4.98 Å². The highest BCUT2D eigenvalue weighted by molar-refractivity contribution is 9.11. The molecular formula is C4BrF4NS. The third-order valence-corrected chi connectivity index (χ3v) is 2.32. The molecule has 1 rings (SSSR count). The van der Waals surface area contributed by atoms with E-state index in [0.29, 0.717) is 11.3 Å². The average molecular weight is 250 g/mol. The lowest BCUT2D eigenvalue weighted by molar-refractivity contribution is -0.141. The third-order valence-electron chi connectivity index (χ3n) is 0.828. The molecule has 1 heterocycles. The summed E-state index contributed by atoms with van der Waals surface area (Å²) < 4.78 is 47.2. The summed E-state index contributed by atoms with van der Waals surface area (Å²) in [5.41, 5.74) is -1.21. The van der Waals surface area contributed by atoms with Crippen molar-refractivity contribution in [1.29, 1.82) is 0 Å². The predicted molar refractivity (Wildman–Crippen MR) is 34.8 cm³/mol. The van der Waals surface area contributed by atoms with Crippen LogP contribution in [0.4, 0.5) is 17.6 Å². The number of thiazole rings is 1. The molecule has 0 aliphatic carbocycles. The Bertz CT molecular complexity index is 268. The second-order valence-electron chi connectivity index (χ2n) is 1.59. The summed E-state index contributed by atoms with van der Waals surface area (Å²) in [6.45, 7) is 0. The summed E-state index contributed by atoms with van der Waals surface area (Å²) in [6.07, 6.45) is -4.58. The number of rotatable bonds is 0. The molecule has 11 heavy (non-hydrogen) atoms. The Labute approximate surface area is 71.2 Å². The van der Waals surface area contributed by atoms with Crippen molar-refractivity contribution in [2.24, 2.45) is 0 Å². The van der Waals surface area contributed by atoms with Gasteiger partial charge in [-0.2, -0.15) is 17.6 Å². The third kappa shape index (κ3) is 1.90. The molecule has 0 N–H and O–H groups in total. The number of nitrogens with zero attached hydrogens (tertiary/aromatic N) is 1. The Morgan fingerprint density at radius 2 is 1.91 bits per heavy atom. The zero-order chi connectivity index (χ0) is 8.65. The van der Waals surface area contributed by atoms with Gasteiger partial charge < -0.3 is 0 Å². The lowest BCUT2D eigenvalue weighted by atomic mass is 10.5. The van der Waals surface area contributed by atoms with E-state index in [1.165, 1.54) is 0 Å². The van der Waals surface area contributed by atoms with Crippen LogP contribution < -0.4 is 0 Å². The molecule has 0 saturated carbocycles. The van der Waals surface area contributed by atoms with Gasteiger partial charge in [0.2, 0.25) is 0 Å². The maximum absolute atomic E-state index is 12.1. The molecule has 0 spiro atoms. The summed E-state index contributed by atoms with van der Waals surface area (Å²) in [4.78, 5) is 2.66. The Balaban J connectivity index is 3.13. The van der Waals surface area contributed by atoms with Crippen molar-refractivity contribution in [1.82, 2.24) is 4.98 Å². The van der Waals surface area contributed by atoms with Gasteiger partial charge in [0.05, 0.1) is 0 Å². The van der Waals surface area contributed by atoms with Crippen molar-refractivity contribution < 1.29 is 17.6 Å². The molecular weight excluding hydrogens is 250 g/mol. The minimum absolute atomic E-state index is 0.315. The Kier molecular flexibility index (Phi) is 2.19. The van der Waals surface area contributed by atoms with Crippen LogP contribution in [-0.4, -0.2) is 4.98 Å². The van der Waals surface area contributed by atoms with Crippen LogP contribution in [0.2, 0.25) is 0 Å². The van der Waals surface area contributed by atoms with E-state index in [0.717, 1.165) is 0 Å². The number of halogens is 5. The largest absolute Gasteiger partial charge is 0.435 e. The van der Waals surface area contributed by atoms with E-state index in [4.69, 9.17) is 0 Å². The summed E-state index contributed by atoms with van der Waals surface area (Å²) >= 11 is 2.86. The van der Waals surface area contributed by atoms with E-state index < -0.39 is 17.1 Å². The molecule has 1 aromatic heterocycles. The molecule has 0 aliphatic heterocycles. The lowest BCUT2D eigenvalue weighted by Crippen LogP contribution is -2.06. The molecule has 0 unspecified atom stereocenters. The average Bonchev–Trinajstić information content (AvgIpc) is 2.08. The van der Waals surface area contributed by atoms with Gasteiger partial charge in [0.25, 0.3) is 5.26 Å². The number of aromatic nitrogens is 1. The first kappa shape index (κ1) is 8.92. The summed E-state index contributed by atoms with van der Waals surface area (Å²) in [7, 11) is 0. The van der Waals surface area contributed by atoms with Crippen LogP contribution in [-0.2, 0) is 6.18 Å². The zero-order valence-electron chi connectivity index (χ0n) is 4.75. The number of hydrogen-bond acceptors (Lipinski definition) is 2. The fourth-order valence-corrected chi connectivity index (χ4v) is 1.71. The molecule has 0 radical (unpaired) electrons. The van der Waals surface area contributed by atoms with E-state index in [1.807, 2.05) is 0 Å². The predicted octanol–water partition coefficient (Wildman–Crippen LogP) is 3.06. The van der Waals surface area contributed by atoms with Gasteiger partial charge in [-0.15, -0.1) is 0 Å². The maximum atomic E-state index is 12.1. The van der Waals surface area contributed by atoms with Gasteiger partial charge in [0, 0.05) is 0 Å². The van der Waals surface area contributed by atoms with Gasteiger partial charge in [0.1, 0.15) is 3.79 Å². The quantitative estimate of drug-likeness (QED) is 0.645. The molecule has 0 atom stereocenters. The van der Waals surface area contributed by atoms with Crippen LogP contribution in [0, 0.1) is 5.26 Å². The van der Waals surface area contributed by atoms with Crippen LogP contribution in [0.3, 0.4) is 0 Å². The van der Waals surface area contributed by atoms with E-state index in [9.17, 15) is 17.6 Å². The highest BCUT2D eigenvalue weighted by Gasteiger charge is 2.37. The summed E-state index contributed by atoms with van der Waals surface area (Å²) in [6, 6.07) is 0. The number of alkyl halides is 3. The smallest absolute Gasteiger partial charge is 0.204 e. The van der Waals surface area contributed by atoms with Crippen molar-refractivity contribution in [3.63, 3.8) is 0 Å². The van der Waals surface area contributed by atoms with Gasteiger partial charge in [-0.3, -0.25) is 0 Å². The maximum Gasteiger partial charge on any atom is 0.435 e. The topological polar surface area (TPSA) is 12.9 Å².